The second-order valence-electron chi connectivity index (χ2n) is 6.89. The van der Waals surface area contributed by atoms with Crippen LogP contribution < -0.4 is 5.32 Å². The molecular formula is C17H35N. The van der Waals surface area contributed by atoms with E-state index in [1.165, 1.54) is 44.9 Å². The molecule has 0 bridgehead atoms. The summed E-state index contributed by atoms with van der Waals surface area (Å²) in [6.07, 6.45) is 9.78. The van der Waals surface area contributed by atoms with Crippen molar-refractivity contribution in [1.29, 1.82) is 0 Å². The second kappa shape index (κ2) is 8.19. The molecule has 1 saturated carbocycles. The third-order valence-corrected chi connectivity index (χ3v) is 4.84. The molecule has 1 fully saturated rings. The zero-order chi connectivity index (χ0) is 13.5. The minimum Gasteiger partial charge on any atom is -0.311 e. The van der Waals surface area contributed by atoms with Gasteiger partial charge in [0.25, 0.3) is 0 Å². The van der Waals surface area contributed by atoms with E-state index < -0.39 is 0 Å². The molecule has 3 unspecified atom stereocenters. The molecule has 0 aromatic carbocycles. The highest BCUT2D eigenvalue weighted by Gasteiger charge is 2.25. The molecule has 3 atom stereocenters. The van der Waals surface area contributed by atoms with Crippen LogP contribution in [0.2, 0.25) is 0 Å². The van der Waals surface area contributed by atoms with Gasteiger partial charge in [-0.15, -0.1) is 0 Å². The molecule has 0 radical (unpaired) electrons. The Morgan fingerprint density at radius 3 is 2.28 bits per heavy atom. The molecule has 0 heterocycles. The van der Waals surface area contributed by atoms with Crippen molar-refractivity contribution in [3.05, 3.63) is 0 Å². The molecule has 1 heteroatoms. The Morgan fingerprint density at radius 1 is 1.06 bits per heavy atom. The zero-order valence-electron chi connectivity index (χ0n) is 13.3. The van der Waals surface area contributed by atoms with Gasteiger partial charge in [-0.1, -0.05) is 53.4 Å². The number of rotatable bonds is 7. The summed E-state index contributed by atoms with van der Waals surface area (Å²) in [5.41, 5.74) is 0. The highest BCUT2D eigenvalue weighted by atomic mass is 15.0. The molecule has 0 aromatic rings. The van der Waals surface area contributed by atoms with Crippen LogP contribution >= 0.6 is 0 Å². The lowest BCUT2D eigenvalue weighted by molar-refractivity contribution is 0.221. The van der Waals surface area contributed by atoms with E-state index >= 15 is 0 Å². The molecule has 0 amide bonds. The summed E-state index contributed by atoms with van der Waals surface area (Å²) < 4.78 is 0. The summed E-state index contributed by atoms with van der Waals surface area (Å²) in [5.74, 6) is 2.70. The van der Waals surface area contributed by atoms with Crippen molar-refractivity contribution in [2.45, 2.75) is 91.6 Å². The lowest BCUT2D eigenvalue weighted by atomic mass is 9.80. The fraction of sp³-hybridized carbons (Fsp3) is 1.00. The molecule has 108 valence electrons. The van der Waals surface area contributed by atoms with Crippen LogP contribution in [0, 0.1) is 17.8 Å². The van der Waals surface area contributed by atoms with Crippen molar-refractivity contribution in [3.63, 3.8) is 0 Å². The van der Waals surface area contributed by atoms with Crippen molar-refractivity contribution in [1.82, 2.24) is 5.32 Å². The van der Waals surface area contributed by atoms with E-state index in [1.807, 2.05) is 0 Å². The summed E-state index contributed by atoms with van der Waals surface area (Å²) in [6.45, 7) is 11.8. The third kappa shape index (κ3) is 5.30. The van der Waals surface area contributed by atoms with Gasteiger partial charge in [0.1, 0.15) is 0 Å². The smallest absolute Gasteiger partial charge is 0.00722 e. The molecule has 1 aliphatic rings. The Kier molecular flexibility index (Phi) is 7.29. The van der Waals surface area contributed by atoms with Crippen LogP contribution in [-0.4, -0.2) is 12.1 Å². The average Bonchev–Trinajstić information content (AvgIpc) is 2.30. The summed E-state index contributed by atoms with van der Waals surface area (Å²) in [5, 5.41) is 3.92. The van der Waals surface area contributed by atoms with Gasteiger partial charge in [-0.25, -0.2) is 0 Å². The summed E-state index contributed by atoms with van der Waals surface area (Å²) >= 11 is 0. The van der Waals surface area contributed by atoms with Gasteiger partial charge in [-0.2, -0.15) is 0 Å². The van der Waals surface area contributed by atoms with E-state index in [2.05, 4.69) is 39.9 Å². The third-order valence-electron chi connectivity index (χ3n) is 4.84. The minimum atomic E-state index is 0.697. The Labute approximate surface area is 115 Å². The van der Waals surface area contributed by atoms with Crippen molar-refractivity contribution in [3.8, 4) is 0 Å². The molecule has 0 saturated heterocycles. The van der Waals surface area contributed by atoms with Crippen molar-refractivity contribution in [2.24, 2.45) is 17.8 Å². The molecular weight excluding hydrogens is 218 g/mol. The predicted molar refractivity (Wildman–Crippen MR) is 81.9 cm³/mol. The van der Waals surface area contributed by atoms with Gasteiger partial charge in [0.05, 0.1) is 0 Å². The van der Waals surface area contributed by atoms with Gasteiger partial charge in [0, 0.05) is 12.1 Å². The molecule has 1 aliphatic carbocycles. The van der Waals surface area contributed by atoms with Crippen LogP contribution in [0.3, 0.4) is 0 Å². The van der Waals surface area contributed by atoms with Crippen molar-refractivity contribution >= 4 is 0 Å². The molecule has 0 spiro atoms. The predicted octanol–water partition coefficient (Wildman–Crippen LogP) is 5.01. The first-order valence-electron chi connectivity index (χ1n) is 8.32. The van der Waals surface area contributed by atoms with Gasteiger partial charge < -0.3 is 5.32 Å². The normalized spacial score (nSPS) is 26.8. The molecule has 1 N–H and O–H groups in total. The quantitative estimate of drug-likeness (QED) is 0.673. The lowest BCUT2D eigenvalue weighted by Crippen LogP contribution is -2.43. The van der Waals surface area contributed by atoms with Gasteiger partial charge in [-0.3, -0.25) is 0 Å². The standard InChI is InChI=1S/C17H35N/c1-6-16(7-2)14(5)18-17-10-8-9-15(12-17)11-13(3)4/h13-18H,6-12H2,1-5H3. The summed E-state index contributed by atoms with van der Waals surface area (Å²) in [7, 11) is 0. The highest BCUT2D eigenvalue weighted by Crippen LogP contribution is 2.30. The van der Waals surface area contributed by atoms with Crippen LogP contribution in [0.25, 0.3) is 0 Å². The van der Waals surface area contributed by atoms with Crippen molar-refractivity contribution in [2.75, 3.05) is 0 Å². The summed E-state index contributed by atoms with van der Waals surface area (Å²) in [4.78, 5) is 0. The number of hydrogen-bond donors (Lipinski definition) is 1. The molecule has 0 aromatic heterocycles. The molecule has 0 aliphatic heterocycles. The van der Waals surface area contributed by atoms with Gasteiger partial charge >= 0.3 is 0 Å². The zero-order valence-corrected chi connectivity index (χ0v) is 13.3. The van der Waals surface area contributed by atoms with E-state index in [-0.39, 0.29) is 0 Å². The summed E-state index contributed by atoms with van der Waals surface area (Å²) in [6, 6.07) is 1.49. The minimum absolute atomic E-state index is 0.697. The maximum absolute atomic E-state index is 3.92. The molecule has 1 rings (SSSR count). The van der Waals surface area contributed by atoms with Gasteiger partial charge in [0.2, 0.25) is 0 Å². The van der Waals surface area contributed by atoms with Gasteiger partial charge in [0.15, 0.2) is 0 Å². The largest absolute Gasteiger partial charge is 0.311 e. The Bertz CT molecular complexity index is 208. The first-order valence-corrected chi connectivity index (χ1v) is 8.32. The monoisotopic (exact) mass is 253 g/mol. The lowest BCUT2D eigenvalue weighted by Gasteiger charge is -2.34. The molecule has 18 heavy (non-hydrogen) atoms. The fourth-order valence-corrected chi connectivity index (χ4v) is 3.83. The SMILES string of the molecule is CCC(CC)C(C)NC1CCCC(CC(C)C)C1. The van der Waals surface area contributed by atoms with Crippen LogP contribution in [-0.2, 0) is 0 Å². The van der Waals surface area contributed by atoms with E-state index in [4.69, 9.17) is 0 Å². The highest BCUT2D eigenvalue weighted by molar-refractivity contribution is 4.82. The first-order chi connectivity index (χ1) is 8.56. The van der Waals surface area contributed by atoms with Crippen LogP contribution in [0.5, 0.6) is 0 Å². The van der Waals surface area contributed by atoms with Crippen molar-refractivity contribution < 1.29 is 0 Å². The first kappa shape index (κ1) is 16.0. The van der Waals surface area contributed by atoms with E-state index in [0.29, 0.717) is 6.04 Å². The Hall–Kier alpha value is -0.0400. The second-order valence-corrected chi connectivity index (χ2v) is 6.89. The van der Waals surface area contributed by atoms with Gasteiger partial charge in [-0.05, 0) is 43.9 Å². The number of nitrogens with one attached hydrogen (secondary N) is 1. The fourth-order valence-electron chi connectivity index (χ4n) is 3.83. The Morgan fingerprint density at radius 2 is 1.72 bits per heavy atom. The Balaban J connectivity index is 2.37. The number of hydrogen-bond acceptors (Lipinski definition) is 1. The van der Waals surface area contributed by atoms with E-state index in [1.54, 1.807) is 0 Å². The maximum atomic E-state index is 3.92. The maximum Gasteiger partial charge on any atom is 0.00722 e. The van der Waals surface area contributed by atoms with E-state index in [0.717, 1.165) is 23.8 Å². The topological polar surface area (TPSA) is 12.0 Å². The van der Waals surface area contributed by atoms with Crippen LogP contribution in [0.1, 0.15) is 79.6 Å². The van der Waals surface area contributed by atoms with Crippen LogP contribution in [0.15, 0.2) is 0 Å². The van der Waals surface area contributed by atoms with Crippen LogP contribution in [0.4, 0.5) is 0 Å². The molecule has 1 nitrogen and oxygen atoms in total. The average molecular weight is 253 g/mol. The van der Waals surface area contributed by atoms with E-state index in [9.17, 15) is 0 Å².